The number of sulfonamides is 1. The largest absolute Gasteiger partial charge is 0.478 e. The van der Waals surface area contributed by atoms with Gasteiger partial charge in [0.05, 0.1) is 11.9 Å². The lowest BCUT2D eigenvalue weighted by Gasteiger charge is -2.21. The minimum atomic E-state index is -3.58. The molecule has 8 nitrogen and oxygen atoms in total. The van der Waals surface area contributed by atoms with Crippen LogP contribution in [0.15, 0.2) is 42.5 Å². The maximum absolute atomic E-state index is 12.7. The molecule has 3 rings (SSSR count). The highest BCUT2D eigenvalue weighted by Gasteiger charge is 2.31. The van der Waals surface area contributed by atoms with Gasteiger partial charge in [0.25, 0.3) is 5.91 Å². The van der Waals surface area contributed by atoms with Gasteiger partial charge in [-0.2, -0.15) is 0 Å². The lowest BCUT2D eigenvalue weighted by molar-refractivity contribution is -0.122. The first kappa shape index (κ1) is 20.0. The van der Waals surface area contributed by atoms with Crippen molar-refractivity contribution in [3.63, 3.8) is 0 Å². The normalized spacial score (nSPS) is 16.5. The number of amides is 2. The fourth-order valence-electron chi connectivity index (χ4n) is 2.82. The quantitative estimate of drug-likeness (QED) is 0.779. The highest BCUT2D eigenvalue weighted by Crippen LogP contribution is 2.36. The zero-order valence-corrected chi connectivity index (χ0v) is 16.5. The van der Waals surface area contributed by atoms with Crippen LogP contribution in [0.3, 0.4) is 0 Å². The summed E-state index contributed by atoms with van der Waals surface area (Å²) in [5.41, 5.74) is 6.26. The molecule has 2 aromatic carbocycles. The molecule has 3 N–H and O–H groups in total. The van der Waals surface area contributed by atoms with Crippen LogP contribution in [0.1, 0.15) is 16.8 Å². The lowest BCUT2D eigenvalue weighted by Crippen LogP contribution is -2.36. The molecule has 0 fully saturated rings. The van der Waals surface area contributed by atoms with E-state index in [9.17, 15) is 18.0 Å². The zero-order valence-electron chi connectivity index (χ0n) is 14.9. The van der Waals surface area contributed by atoms with Gasteiger partial charge in [0.2, 0.25) is 15.9 Å². The molecule has 0 aliphatic carbocycles. The van der Waals surface area contributed by atoms with Crippen molar-refractivity contribution in [2.75, 3.05) is 22.4 Å². The van der Waals surface area contributed by atoms with Gasteiger partial charge in [-0.1, -0.05) is 11.6 Å². The van der Waals surface area contributed by atoms with Gasteiger partial charge >= 0.3 is 0 Å². The Bertz CT molecular complexity index is 1020. The highest BCUT2D eigenvalue weighted by molar-refractivity contribution is 7.92. The molecule has 2 amide bonds. The van der Waals surface area contributed by atoms with Crippen molar-refractivity contribution in [2.45, 2.75) is 12.5 Å². The monoisotopic (exact) mass is 423 g/mol. The van der Waals surface area contributed by atoms with Gasteiger partial charge < -0.3 is 15.8 Å². The lowest BCUT2D eigenvalue weighted by atomic mass is 10.2. The molecule has 1 heterocycles. The van der Waals surface area contributed by atoms with Gasteiger partial charge in [0, 0.05) is 29.2 Å². The summed E-state index contributed by atoms with van der Waals surface area (Å²) in [5, 5.41) is 3.05. The second kappa shape index (κ2) is 7.69. The summed E-state index contributed by atoms with van der Waals surface area (Å²) >= 11 is 6.00. The number of hydrogen-bond acceptors (Lipinski definition) is 5. The molecule has 1 atom stereocenters. The van der Waals surface area contributed by atoms with Gasteiger partial charge in [-0.25, -0.2) is 8.42 Å². The number of primary amides is 1. The molecule has 0 saturated carbocycles. The number of nitrogens with two attached hydrogens (primary N) is 1. The third-order valence-electron chi connectivity index (χ3n) is 4.18. The fraction of sp³-hybridized carbons (Fsp3) is 0.222. The first-order valence-electron chi connectivity index (χ1n) is 8.30. The van der Waals surface area contributed by atoms with E-state index in [1.54, 1.807) is 18.2 Å². The van der Waals surface area contributed by atoms with Crippen molar-refractivity contribution in [1.82, 2.24) is 0 Å². The Hall–Kier alpha value is -2.78. The number of nitrogens with one attached hydrogen (secondary N) is 1. The summed E-state index contributed by atoms with van der Waals surface area (Å²) < 4.78 is 31.3. The van der Waals surface area contributed by atoms with Crippen LogP contribution in [0, 0.1) is 0 Å². The second-order valence-electron chi connectivity index (χ2n) is 6.27. The average molecular weight is 424 g/mol. The van der Waals surface area contributed by atoms with E-state index in [1.807, 2.05) is 0 Å². The zero-order chi connectivity index (χ0) is 20.5. The summed E-state index contributed by atoms with van der Waals surface area (Å²) in [6, 6.07) is 10.7. The molecule has 1 aliphatic heterocycles. The van der Waals surface area contributed by atoms with Gasteiger partial charge in [0.15, 0.2) is 6.10 Å². The molecule has 148 valence electrons. The Morgan fingerprint density at radius 2 is 1.89 bits per heavy atom. The highest BCUT2D eigenvalue weighted by atomic mass is 35.5. The SMILES string of the molecule is CS(=O)(=O)N1CCC(C(=O)Nc2ccc(C(N)=O)cc2)Oc2ccc(Cl)cc21. The maximum atomic E-state index is 12.7. The number of nitrogens with zero attached hydrogens (tertiary/aromatic N) is 1. The molecular formula is C18H18ClN3O5S. The number of benzene rings is 2. The van der Waals surface area contributed by atoms with Gasteiger partial charge in [-0.3, -0.25) is 13.9 Å². The Kier molecular flexibility index (Phi) is 5.48. The summed E-state index contributed by atoms with van der Waals surface area (Å²) in [6.07, 6.45) is 0.311. The number of fused-ring (bicyclic) bond motifs is 1. The molecule has 0 aromatic heterocycles. The first-order chi connectivity index (χ1) is 13.1. The Morgan fingerprint density at radius 3 is 2.50 bits per heavy atom. The van der Waals surface area contributed by atoms with Crippen molar-refractivity contribution < 1.29 is 22.7 Å². The van der Waals surface area contributed by atoms with Crippen molar-refractivity contribution in [3.8, 4) is 5.75 Å². The average Bonchev–Trinajstić information content (AvgIpc) is 2.81. The number of ether oxygens (including phenoxy) is 1. The van der Waals surface area contributed by atoms with E-state index in [1.165, 1.54) is 28.6 Å². The van der Waals surface area contributed by atoms with Crippen LogP contribution in [0.25, 0.3) is 0 Å². The smallest absolute Gasteiger partial charge is 0.265 e. The number of anilines is 2. The van der Waals surface area contributed by atoms with E-state index in [0.29, 0.717) is 16.3 Å². The van der Waals surface area contributed by atoms with Crippen LogP contribution in [-0.2, 0) is 14.8 Å². The first-order valence-corrected chi connectivity index (χ1v) is 10.5. The molecule has 1 aliphatic rings. The summed E-state index contributed by atoms with van der Waals surface area (Å²) in [7, 11) is -3.58. The number of carbonyl (C=O) groups is 2. The Balaban J connectivity index is 1.83. The van der Waals surface area contributed by atoms with E-state index in [4.69, 9.17) is 22.1 Å². The van der Waals surface area contributed by atoms with E-state index >= 15 is 0 Å². The number of rotatable bonds is 4. The molecule has 0 spiro atoms. The standard InChI is InChI=1S/C18H18ClN3O5S/c1-28(25,26)22-9-8-16(27-15-7-4-12(19)10-14(15)22)18(24)21-13-5-2-11(3-6-13)17(20)23/h2-7,10,16H,8-9H2,1H3,(H2,20,23)(H,21,24). The molecule has 28 heavy (non-hydrogen) atoms. The van der Waals surface area contributed by atoms with Crippen LogP contribution < -0.4 is 20.1 Å². The van der Waals surface area contributed by atoms with E-state index in [0.717, 1.165) is 6.26 Å². The van der Waals surface area contributed by atoms with Gasteiger partial charge in [-0.05, 0) is 42.5 Å². The van der Waals surface area contributed by atoms with Crippen molar-refractivity contribution in [2.24, 2.45) is 5.73 Å². The van der Waals surface area contributed by atoms with Crippen molar-refractivity contribution in [3.05, 3.63) is 53.1 Å². The molecule has 10 heteroatoms. The number of halogens is 1. The summed E-state index contributed by atoms with van der Waals surface area (Å²) in [4.78, 5) is 23.8. The molecule has 0 radical (unpaired) electrons. The topological polar surface area (TPSA) is 119 Å². The molecular weight excluding hydrogens is 406 g/mol. The van der Waals surface area contributed by atoms with Crippen LogP contribution in [0.2, 0.25) is 5.02 Å². The van der Waals surface area contributed by atoms with Crippen molar-refractivity contribution in [1.29, 1.82) is 0 Å². The number of hydrogen-bond donors (Lipinski definition) is 2. The van der Waals surface area contributed by atoms with Crippen molar-refractivity contribution >= 4 is 44.8 Å². The van der Waals surface area contributed by atoms with Crippen LogP contribution >= 0.6 is 11.6 Å². The van der Waals surface area contributed by atoms with Gasteiger partial charge in [-0.15, -0.1) is 0 Å². The third kappa shape index (κ3) is 4.37. The van der Waals surface area contributed by atoms with Crippen LogP contribution in [0.4, 0.5) is 11.4 Å². The van der Waals surface area contributed by atoms with E-state index < -0.39 is 27.9 Å². The van der Waals surface area contributed by atoms with E-state index in [2.05, 4.69) is 5.32 Å². The maximum Gasteiger partial charge on any atom is 0.265 e. The summed E-state index contributed by atoms with van der Waals surface area (Å²) in [6.45, 7) is 0.0604. The van der Waals surface area contributed by atoms with Gasteiger partial charge in [0.1, 0.15) is 5.75 Å². The van der Waals surface area contributed by atoms with Crippen LogP contribution in [-0.4, -0.2) is 39.1 Å². The molecule has 1 unspecified atom stereocenters. The fourth-order valence-corrected chi connectivity index (χ4v) is 3.93. The second-order valence-corrected chi connectivity index (χ2v) is 8.62. The Morgan fingerprint density at radius 1 is 1.21 bits per heavy atom. The molecule has 2 aromatic rings. The number of carbonyl (C=O) groups excluding carboxylic acids is 2. The predicted molar refractivity (Wildman–Crippen MR) is 106 cm³/mol. The third-order valence-corrected chi connectivity index (χ3v) is 5.60. The van der Waals surface area contributed by atoms with Crippen LogP contribution in [0.5, 0.6) is 5.75 Å². The Labute approximate surface area is 167 Å². The predicted octanol–water partition coefficient (Wildman–Crippen LogP) is 1.99. The molecule has 0 saturated heterocycles. The minimum Gasteiger partial charge on any atom is -0.478 e. The van der Waals surface area contributed by atoms with E-state index in [-0.39, 0.29) is 24.4 Å². The minimum absolute atomic E-state index is 0.0604. The molecule has 0 bridgehead atoms. The summed E-state index contributed by atoms with van der Waals surface area (Å²) in [5.74, 6) is -0.763.